The molecular formula is C32H40N2O3. The van der Waals surface area contributed by atoms with E-state index in [1.807, 2.05) is 86.6 Å². The second kappa shape index (κ2) is 13.1. The molecule has 2 amide bonds. The molecule has 0 fully saturated rings. The first-order valence-corrected chi connectivity index (χ1v) is 13.1. The highest BCUT2D eigenvalue weighted by Gasteiger charge is 2.30. The van der Waals surface area contributed by atoms with Gasteiger partial charge in [0.15, 0.2) is 6.61 Å². The molecule has 1 N–H and O–H groups in total. The van der Waals surface area contributed by atoms with Crippen molar-refractivity contribution in [3.8, 4) is 5.75 Å². The molecule has 0 saturated carbocycles. The first-order valence-electron chi connectivity index (χ1n) is 13.1. The Bertz CT molecular complexity index is 1150. The van der Waals surface area contributed by atoms with Gasteiger partial charge in [-0.25, -0.2) is 0 Å². The Hall–Kier alpha value is -3.60. The molecule has 0 aliphatic rings. The van der Waals surface area contributed by atoms with Crippen molar-refractivity contribution in [2.45, 2.75) is 65.5 Å². The van der Waals surface area contributed by atoms with Gasteiger partial charge in [-0.2, -0.15) is 0 Å². The van der Waals surface area contributed by atoms with Crippen LogP contribution < -0.4 is 10.1 Å². The van der Waals surface area contributed by atoms with Crippen molar-refractivity contribution < 1.29 is 14.3 Å². The lowest BCUT2D eigenvalue weighted by molar-refractivity contribution is -0.142. The molecule has 0 aliphatic carbocycles. The van der Waals surface area contributed by atoms with Crippen LogP contribution in [-0.4, -0.2) is 35.9 Å². The lowest BCUT2D eigenvalue weighted by Crippen LogP contribution is -2.51. The minimum atomic E-state index is -0.658. The molecule has 1 atom stereocenters. The number of benzene rings is 3. The lowest BCUT2D eigenvalue weighted by atomic mass is 9.87. The molecule has 3 rings (SSSR count). The van der Waals surface area contributed by atoms with Crippen LogP contribution >= 0.6 is 0 Å². The van der Waals surface area contributed by atoms with Crippen LogP contribution in [-0.2, 0) is 28.0 Å². The number of hydrogen-bond acceptors (Lipinski definition) is 3. The Kier molecular flexibility index (Phi) is 9.90. The number of rotatable bonds is 11. The summed E-state index contributed by atoms with van der Waals surface area (Å²) in [4.78, 5) is 28.7. The fourth-order valence-electron chi connectivity index (χ4n) is 4.21. The number of carbonyl (C=O) groups is 2. The number of hydrogen-bond donors (Lipinski definition) is 1. The maximum absolute atomic E-state index is 13.7. The summed E-state index contributed by atoms with van der Waals surface area (Å²) in [5.74, 6) is 0.252. The van der Waals surface area contributed by atoms with Gasteiger partial charge in [0, 0.05) is 19.5 Å². The molecule has 0 spiro atoms. The van der Waals surface area contributed by atoms with E-state index in [1.54, 1.807) is 4.90 Å². The number of ether oxygens (including phenoxy) is 1. The van der Waals surface area contributed by atoms with Gasteiger partial charge >= 0.3 is 0 Å². The van der Waals surface area contributed by atoms with Crippen LogP contribution in [0.4, 0.5) is 0 Å². The topological polar surface area (TPSA) is 58.6 Å². The molecule has 3 aromatic carbocycles. The highest BCUT2D eigenvalue weighted by molar-refractivity contribution is 5.88. The van der Waals surface area contributed by atoms with Gasteiger partial charge in [-0.15, -0.1) is 0 Å². The first kappa shape index (κ1) is 28.0. The largest absolute Gasteiger partial charge is 0.484 e. The Balaban J connectivity index is 1.86. The summed E-state index contributed by atoms with van der Waals surface area (Å²) in [6.07, 6.45) is 1.25. The van der Waals surface area contributed by atoms with Crippen LogP contribution in [0.5, 0.6) is 5.75 Å². The van der Waals surface area contributed by atoms with Crippen molar-refractivity contribution in [3.63, 3.8) is 0 Å². The maximum Gasteiger partial charge on any atom is 0.261 e. The van der Waals surface area contributed by atoms with Crippen LogP contribution in [0.1, 0.15) is 56.4 Å². The van der Waals surface area contributed by atoms with Crippen molar-refractivity contribution in [1.82, 2.24) is 10.2 Å². The van der Waals surface area contributed by atoms with E-state index in [0.717, 1.165) is 23.1 Å². The Morgan fingerprint density at radius 1 is 0.919 bits per heavy atom. The van der Waals surface area contributed by atoms with Gasteiger partial charge in [0.2, 0.25) is 5.91 Å². The van der Waals surface area contributed by atoms with Crippen molar-refractivity contribution >= 4 is 11.8 Å². The third kappa shape index (κ3) is 8.49. The number of nitrogens with one attached hydrogen (secondary N) is 1. The van der Waals surface area contributed by atoms with Crippen LogP contribution in [0.15, 0.2) is 78.9 Å². The monoisotopic (exact) mass is 500 g/mol. The van der Waals surface area contributed by atoms with Gasteiger partial charge in [0.25, 0.3) is 5.91 Å². The SMILES string of the molecule is CCCNC(=O)C(Cc1ccccc1)N(Cc1cccc(C)c1)C(=O)COc1ccc(C(C)(C)C)cc1. The second-order valence-corrected chi connectivity index (χ2v) is 10.6. The van der Waals surface area contributed by atoms with Gasteiger partial charge in [-0.05, 0) is 47.6 Å². The van der Waals surface area contributed by atoms with E-state index in [2.05, 4.69) is 32.2 Å². The summed E-state index contributed by atoms with van der Waals surface area (Å²) < 4.78 is 5.92. The fourth-order valence-corrected chi connectivity index (χ4v) is 4.21. The molecule has 0 aromatic heterocycles. The summed E-state index contributed by atoms with van der Waals surface area (Å²) in [6.45, 7) is 11.3. The molecular weight excluding hydrogens is 460 g/mol. The van der Waals surface area contributed by atoms with Crippen LogP contribution in [0, 0.1) is 6.92 Å². The van der Waals surface area contributed by atoms with E-state index in [0.29, 0.717) is 25.3 Å². The molecule has 0 radical (unpaired) electrons. The summed E-state index contributed by atoms with van der Waals surface area (Å²) in [5, 5.41) is 3.01. The van der Waals surface area contributed by atoms with Crippen molar-refractivity contribution in [2.75, 3.05) is 13.2 Å². The number of aryl methyl sites for hydroxylation is 1. The third-order valence-electron chi connectivity index (χ3n) is 6.34. The molecule has 5 nitrogen and oxygen atoms in total. The second-order valence-electron chi connectivity index (χ2n) is 10.6. The van der Waals surface area contributed by atoms with Crippen LogP contribution in [0.25, 0.3) is 0 Å². The van der Waals surface area contributed by atoms with Gasteiger partial charge in [-0.1, -0.05) is 100.0 Å². The van der Waals surface area contributed by atoms with E-state index < -0.39 is 6.04 Å². The third-order valence-corrected chi connectivity index (χ3v) is 6.34. The summed E-state index contributed by atoms with van der Waals surface area (Å²) in [5.41, 5.74) is 4.32. The Labute approximate surface area is 221 Å². The standard InChI is InChI=1S/C32H40N2O3/c1-6-19-33-31(36)29(21-25-12-8-7-9-13-25)34(22-26-14-10-11-24(2)20-26)30(35)23-37-28-17-15-27(16-18-28)32(3,4)5/h7-18,20,29H,6,19,21-23H2,1-5H3,(H,33,36). The van der Waals surface area contributed by atoms with Gasteiger partial charge < -0.3 is 15.0 Å². The molecule has 0 bridgehead atoms. The minimum absolute atomic E-state index is 0.0372. The predicted octanol–water partition coefficient (Wildman–Crippen LogP) is 5.84. The first-order chi connectivity index (χ1) is 17.7. The molecule has 0 saturated heterocycles. The normalized spacial score (nSPS) is 12.0. The molecule has 5 heteroatoms. The van der Waals surface area contributed by atoms with Crippen molar-refractivity contribution in [2.24, 2.45) is 0 Å². The van der Waals surface area contributed by atoms with Crippen molar-refractivity contribution in [1.29, 1.82) is 0 Å². The Morgan fingerprint density at radius 3 is 2.22 bits per heavy atom. The lowest BCUT2D eigenvalue weighted by Gasteiger charge is -2.31. The summed E-state index contributed by atoms with van der Waals surface area (Å²) in [7, 11) is 0. The minimum Gasteiger partial charge on any atom is -0.484 e. The maximum atomic E-state index is 13.7. The van der Waals surface area contributed by atoms with Crippen LogP contribution in [0.3, 0.4) is 0 Å². The average molecular weight is 501 g/mol. The van der Waals surface area contributed by atoms with E-state index in [-0.39, 0.29) is 23.8 Å². The molecule has 0 heterocycles. The zero-order valence-electron chi connectivity index (χ0n) is 22.8. The van der Waals surface area contributed by atoms with Crippen molar-refractivity contribution in [3.05, 3.63) is 101 Å². The molecule has 37 heavy (non-hydrogen) atoms. The quantitative estimate of drug-likeness (QED) is 0.360. The van der Waals surface area contributed by atoms with Gasteiger partial charge in [0.1, 0.15) is 11.8 Å². The molecule has 0 aliphatic heterocycles. The molecule has 196 valence electrons. The smallest absolute Gasteiger partial charge is 0.261 e. The van der Waals surface area contributed by atoms with E-state index >= 15 is 0 Å². The van der Waals surface area contributed by atoms with Gasteiger partial charge in [-0.3, -0.25) is 9.59 Å². The van der Waals surface area contributed by atoms with E-state index in [1.165, 1.54) is 5.56 Å². The number of nitrogens with zero attached hydrogens (tertiary/aromatic N) is 1. The zero-order chi connectivity index (χ0) is 26.8. The average Bonchev–Trinajstić information content (AvgIpc) is 2.88. The number of carbonyl (C=O) groups excluding carboxylic acids is 2. The zero-order valence-corrected chi connectivity index (χ0v) is 22.8. The predicted molar refractivity (Wildman–Crippen MR) is 150 cm³/mol. The Morgan fingerprint density at radius 2 is 1.59 bits per heavy atom. The highest BCUT2D eigenvalue weighted by atomic mass is 16.5. The summed E-state index contributed by atoms with van der Waals surface area (Å²) in [6, 6.07) is 25.1. The van der Waals surface area contributed by atoms with Crippen LogP contribution in [0.2, 0.25) is 0 Å². The molecule has 1 unspecified atom stereocenters. The number of amides is 2. The molecule has 3 aromatic rings. The fraction of sp³-hybridized carbons (Fsp3) is 0.375. The van der Waals surface area contributed by atoms with E-state index in [9.17, 15) is 9.59 Å². The van der Waals surface area contributed by atoms with Gasteiger partial charge in [0.05, 0.1) is 0 Å². The van der Waals surface area contributed by atoms with E-state index in [4.69, 9.17) is 4.74 Å². The highest BCUT2D eigenvalue weighted by Crippen LogP contribution is 2.24. The summed E-state index contributed by atoms with van der Waals surface area (Å²) >= 11 is 0.